The molecule has 0 saturated carbocycles. The molecule has 0 bridgehead atoms. The second-order valence-corrected chi connectivity index (χ2v) is 5.07. The molecule has 2 aromatic rings. The first-order valence-electron chi connectivity index (χ1n) is 6.53. The summed E-state index contributed by atoms with van der Waals surface area (Å²) in [4.78, 5) is 12.0. The molecule has 3 rings (SSSR count). The number of nitrogens with one attached hydrogen (secondary N) is 1. The molecular weight excluding hydrogens is 297 g/mol. The third-order valence-corrected chi connectivity index (χ3v) is 3.62. The van der Waals surface area contributed by atoms with Crippen LogP contribution in [0.15, 0.2) is 18.2 Å². The van der Waals surface area contributed by atoms with Crippen molar-refractivity contribution >= 4 is 17.5 Å². The minimum atomic E-state index is -0.548. The fraction of sp³-hybridized carbons (Fsp3) is 0.286. The van der Waals surface area contributed by atoms with Crippen molar-refractivity contribution in [1.29, 1.82) is 0 Å². The summed E-state index contributed by atoms with van der Waals surface area (Å²) in [6.45, 7) is 1.21. The van der Waals surface area contributed by atoms with E-state index in [-0.39, 0.29) is 16.6 Å². The molecule has 1 N–H and O–H groups in total. The molecule has 0 atom stereocenters. The molecule has 110 valence electrons. The molecule has 7 heteroatoms. The largest absolute Gasteiger partial charge is 0.477 e. The van der Waals surface area contributed by atoms with Gasteiger partial charge in [0.1, 0.15) is 5.82 Å². The highest BCUT2D eigenvalue weighted by atomic mass is 35.5. The van der Waals surface area contributed by atoms with E-state index in [1.54, 1.807) is 10.7 Å². The van der Waals surface area contributed by atoms with Crippen molar-refractivity contribution in [3.8, 4) is 17.0 Å². The van der Waals surface area contributed by atoms with E-state index in [0.29, 0.717) is 30.2 Å². The molecule has 21 heavy (non-hydrogen) atoms. The minimum absolute atomic E-state index is 0.0298. The van der Waals surface area contributed by atoms with Crippen LogP contribution in [-0.4, -0.2) is 29.3 Å². The summed E-state index contributed by atoms with van der Waals surface area (Å²) in [6, 6.07) is 4.38. The van der Waals surface area contributed by atoms with Gasteiger partial charge in [-0.15, -0.1) is 0 Å². The normalized spacial score (nSPS) is 13.5. The van der Waals surface area contributed by atoms with Gasteiger partial charge in [0.05, 0.1) is 17.2 Å². The van der Waals surface area contributed by atoms with Crippen molar-refractivity contribution in [2.45, 2.75) is 13.0 Å². The number of ether oxygens (including phenoxy) is 1. The molecule has 5 nitrogen and oxygen atoms in total. The molecule has 1 aromatic carbocycles. The predicted molar refractivity (Wildman–Crippen MR) is 76.1 cm³/mol. The molecule has 1 aromatic heterocycles. The lowest BCUT2D eigenvalue weighted by molar-refractivity contribution is 0.0958. The van der Waals surface area contributed by atoms with Crippen LogP contribution in [-0.2, 0) is 6.54 Å². The maximum atomic E-state index is 13.7. The average Bonchev–Trinajstić information content (AvgIpc) is 2.88. The smallest absolute Gasteiger partial charge is 0.272 e. The SMILES string of the molecule is CNC(=O)c1nn2c(c1-c1ccc(Cl)c(F)c1)OCCC2. The van der Waals surface area contributed by atoms with Crippen molar-refractivity contribution in [3.63, 3.8) is 0 Å². The van der Waals surface area contributed by atoms with E-state index in [1.807, 2.05) is 0 Å². The van der Waals surface area contributed by atoms with Crippen LogP contribution in [0.3, 0.4) is 0 Å². The zero-order valence-electron chi connectivity index (χ0n) is 11.3. The Bertz CT molecular complexity index is 714. The molecular formula is C14H13ClFN3O2. The summed E-state index contributed by atoms with van der Waals surface area (Å²) < 4.78 is 21.0. The molecule has 1 aliphatic rings. The van der Waals surface area contributed by atoms with Gasteiger partial charge >= 0.3 is 0 Å². The maximum absolute atomic E-state index is 13.7. The van der Waals surface area contributed by atoms with E-state index in [4.69, 9.17) is 16.3 Å². The molecule has 0 unspecified atom stereocenters. The van der Waals surface area contributed by atoms with Gasteiger partial charge in [-0.2, -0.15) is 5.10 Å². The molecule has 0 aliphatic carbocycles. The van der Waals surface area contributed by atoms with Crippen LogP contribution in [0.4, 0.5) is 4.39 Å². The fourth-order valence-corrected chi connectivity index (χ4v) is 2.43. The zero-order valence-corrected chi connectivity index (χ0v) is 12.1. The van der Waals surface area contributed by atoms with Gasteiger partial charge in [-0.05, 0) is 17.7 Å². The van der Waals surface area contributed by atoms with Gasteiger partial charge in [-0.1, -0.05) is 17.7 Å². The van der Waals surface area contributed by atoms with E-state index in [0.717, 1.165) is 6.42 Å². The lowest BCUT2D eigenvalue weighted by Crippen LogP contribution is -2.19. The summed E-state index contributed by atoms with van der Waals surface area (Å²) in [5.74, 6) is -0.403. The van der Waals surface area contributed by atoms with Gasteiger partial charge in [-0.25, -0.2) is 9.07 Å². The summed E-state index contributed by atoms with van der Waals surface area (Å²) in [5, 5.41) is 6.84. The lowest BCUT2D eigenvalue weighted by atomic mass is 10.0. The zero-order chi connectivity index (χ0) is 15.0. The summed E-state index contributed by atoms with van der Waals surface area (Å²) in [6.07, 6.45) is 0.816. The number of carbonyl (C=O) groups excluding carboxylic acids is 1. The predicted octanol–water partition coefficient (Wildman–Crippen LogP) is 2.48. The van der Waals surface area contributed by atoms with Crippen LogP contribution in [0.1, 0.15) is 16.9 Å². The van der Waals surface area contributed by atoms with E-state index in [2.05, 4.69) is 10.4 Å². The Morgan fingerprint density at radius 3 is 3.05 bits per heavy atom. The van der Waals surface area contributed by atoms with E-state index in [1.165, 1.54) is 19.2 Å². The van der Waals surface area contributed by atoms with Gasteiger partial charge in [0.2, 0.25) is 5.88 Å². The highest BCUT2D eigenvalue weighted by Crippen LogP contribution is 2.36. The van der Waals surface area contributed by atoms with Crippen molar-refractivity contribution < 1.29 is 13.9 Å². The highest BCUT2D eigenvalue weighted by Gasteiger charge is 2.27. The third-order valence-electron chi connectivity index (χ3n) is 3.31. The number of halogens is 2. The number of benzene rings is 1. The molecule has 0 radical (unpaired) electrons. The number of carbonyl (C=O) groups is 1. The Labute approximate surface area is 125 Å². The van der Waals surface area contributed by atoms with Crippen LogP contribution >= 0.6 is 11.6 Å². The van der Waals surface area contributed by atoms with E-state index < -0.39 is 5.82 Å². The van der Waals surface area contributed by atoms with Crippen molar-refractivity contribution in [1.82, 2.24) is 15.1 Å². The van der Waals surface area contributed by atoms with Crippen LogP contribution in [0.5, 0.6) is 5.88 Å². The van der Waals surface area contributed by atoms with Crippen LogP contribution in [0.2, 0.25) is 5.02 Å². The number of amides is 1. The molecule has 0 saturated heterocycles. The summed E-state index contributed by atoms with van der Waals surface area (Å²) in [5.41, 5.74) is 1.22. The molecule has 1 aliphatic heterocycles. The second-order valence-electron chi connectivity index (χ2n) is 4.66. The number of fused-ring (bicyclic) bond motifs is 1. The molecule has 0 spiro atoms. The average molecular weight is 310 g/mol. The number of hydrogen-bond acceptors (Lipinski definition) is 3. The number of hydrogen-bond donors (Lipinski definition) is 1. The Morgan fingerprint density at radius 1 is 1.52 bits per heavy atom. The van der Waals surface area contributed by atoms with Crippen LogP contribution in [0.25, 0.3) is 11.1 Å². The van der Waals surface area contributed by atoms with Gasteiger partial charge in [0, 0.05) is 20.0 Å². The van der Waals surface area contributed by atoms with E-state index in [9.17, 15) is 9.18 Å². The van der Waals surface area contributed by atoms with Crippen LogP contribution < -0.4 is 10.1 Å². The van der Waals surface area contributed by atoms with Crippen molar-refractivity contribution in [3.05, 3.63) is 34.7 Å². The third kappa shape index (κ3) is 2.35. The number of rotatable bonds is 2. The van der Waals surface area contributed by atoms with E-state index >= 15 is 0 Å². The lowest BCUT2D eigenvalue weighted by Gasteiger charge is -2.16. The van der Waals surface area contributed by atoms with Crippen LogP contribution in [0, 0.1) is 5.82 Å². The Kier molecular flexibility index (Phi) is 3.55. The Balaban J connectivity index is 2.21. The summed E-state index contributed by atoms with van der Waals surface area (Å²) in [7, 11) is 1.52. The first-order chi connectivity index (χ1) is 10.1. The number of aryl methyl sites for hydroxylation is 1. The maximum Gasteiger partial charge on any atom is 0.272 e. The quantitative estimate of drug-likeness (QED) is 0.927. The standard InChI is InChI=1S/C14H13ClFN3O2/c1-17-13(20)12-11(8-3-4-9(15)10(16)7-8)14-19(18-12)5-2-6-21-14/h3-4,7H,2,5-6H2,1H3,(H,17,20). The van der Waals surface area contributed by atoms with Crippen molar-refractivity contribution in [2.75, 3.05) is 13.7 Å². The molecule has 2 heterocycles. The van der Waals surface area contributed by atoms with Crippen molar-refractivity contribution in [2.24, 2.45) is 0 Å². The summed E-state index contributed by atoms with van der Waals surface area (Å²) >= 11 is 5.71. The highest BCUT2D eigenvalue weighted by molar-refractivity contribution is 6.30. The molecule has 1 amide bonds. The van der Waals surface area contributed by atoms with Gasteiger partial charge < -0.3 is 10.1 Å². The molecule has 0 fully saturated rings. The minimum Gasteiger partial charge on any atom is -0.477 e. The first-order valence-corrected chi connectivity index (χ1v) is 6.90. The number of aromatic nitrogens is 2. The monoisotopic (exact) mass is 309 g/mol. The topological polar surface area (TPSA) is 56.2 Å². The Hall–Kier alpha value is -2.08. The van der Waals surface area contributed by atoms with Gasteiger partial charge in [-0.3, -0.25) is 4.79 Å². The van der Waals surface area contributed by atoms with Gasteiger partial charge in [0.25, 0.3) is 5.91 Å². The second kappa shape index (κ2) is 5.37. The number of nitrogens with zero attached hydrogens (tertiary/aromatic N) is 2. The Morgan fingerprint density at radius 2 is 2.33 bits per heavy atom. The van der Waals surface area contributed by atoms with Gasteiger partial charge in [0.15, 0.2) is 5.69 Å². The fourth-order valence-electron chi connectivity index (χ4n) is 2.32. The first kappa shape index (κ1) is 13.9.